The monoisotopic (exact) mass is 445 g/mol. The first-order valence-electron chi connectivity index (χ1n) is 12.0. The van der Waals surface area contributed by atoms with Crippen LogP contribution in [0.5, 0.6) is 0 Å². The molecule has 3 saturated heterocycles. The second-order valence-corrected chi connectivity index (χ2v) is 9.16. The number of piperidine rings is 1. The summed E-state index contributed by atoms with van der Waals surface area (Å²) in [6.45, 7) is 10.8. The van der Waals surface area contributed by atoms with E-state index in [2.05, 4.69) is 22.0 Å². The van der Waals surface area contributed by atoms with Crippen LogP contribution in [0.2, 0.25) is 0 Å². The summed E-state index contributed by atoms with van der Waals surface area (Å²) >= 11 is 0. The van der Waals surface area contributed by atoms with Crippen molar-refractivity contribution in [2.24, 2.45) is 0 Å². The molecule has 0 aromatic heterocycles. The van der Waals surface area contributed by atoms with E-state index in [-0.39, 0.29) is 24.1 Å². The number of nitrogens with one attached hydrogen (secondary N) is 1. The van der Waals surface area contributed by atoms with Gasteiger partial charge < -0.3 is 15.1 Å². The summed E-state index contributed by atoms with van der Waals surface area (Å²) in [5.41, 5.74) is 0.559. The molecule has 0 spiro atoms. The first-order chi connectivity index (χ1) is 15.5. The Balaban J connectivity index is 1.30. The SMILES string of the molecule is CCN1CCN(C2CCN(C(=O)C[C@H]3C(=O)NCCN3Cc3ccccc3F)CC2)CC1. The predicted molar refractivity (Wildman–Crippen MR) is 122 cm³/mol. The molecule has 3 heterocycles. The minimum atomic E-state index is -0.546. The Hall–Kier alpha value is -2.03. The molecule has 1 N–H and O–H groups in total. The molecule has 0 radical (unpaired) electrons. The van der Waals surface area contributed by atoms with Crippen molar-refractivity contribution in [3.63, 3.8) is 0 Å². The summed E-state index contributed by atoms with van der Waals surface area (Å²) in [6.07, 6.45) is 2.14. The fourth-order valence-corrected chi connectivity index (χ4v) is 5.24. The van der Waals surface area contributed by atoms with Crippen molar-refractivity contribution in [3.05, 3.63) is 35.6 Å². The normalized spacial score (nSPS) is 24.5. The van der Waals surface area contributed by atoms with Gasteiger partial charge in [-0.25, -0.2) is 4.39 Å². The molecule has 3 aliphatic rings. The lowest BCUT2D eigenvalue weighted by molar-refractivity contribution is -0.140. The van der Waals surface area contributed by atoms with E-state index in [1.54, 1.807) is 18.2 Å². The van der Waals surface area contributed by atoms with Gasteiger partial charge in [-0.3, -0.25) is 19.4 Å². The van der Waals surface area contributed by atoms with Crippen molar-refractivity contribution in [1.29, 1.82) is 0 Å². The highest BCUT2D eigenvalue weighted by Gasteiger charge is 2.35. The molecule has 8 heteroatoms. The molecule has 0 aliphatic carbocycles. The topological polar surface area (TPSA) is 59.1 Å². The molecule has 176 valence electrons. The summed E-state index contributed by atoms with van der Waals surface area (Å²) in [6, 6.07) is 6.65. The van der Waals surface area contributed by atoms with Gasteiger partial charge in [0.05, 0.1) is 12.5 Å². The number of likely N-dealkylation sites (N-methyl/N-ethyl adjacent to an activating group) is 1. The van der Waals surface area contributed by atoms with Gasteiger partial charge in [0.25, 0.3) is 0 Å². The minimum Gasteiger partial charge on any atom is -0.353 e. The van der Waals surface area contributed by atoms with E-state index in [1.807, 2.05) is 9.80 Å². The van der Waals surface area contributed by atoms with Gasteiger partial charge in [0, 0.05) is 70.5 Å². The number of nitrogens with zero attached hydrogens (tertiary/aromatic N) is 4. The highest BCUT2D eigenvalue weighted by molar-refractivity contribution is 5.88. The standard InChI is InChI=1S/C24H36FN5O2/c1-2-27-13-15-28(16-14-27)20-7-10-29(11-8-20)23(31)17-22-24(32)26-9-12-30(22)18-19-5-3-4-6-21(19)25/h3-6,20,22H,2,7-18H2,1H3,(H,26,32)/t22-/m0/s1. The lowest BCUT2D eigenvalue weighted by Gasteiger charge is -2.43. The molecule has 3 aliphatic heterocycles. The van der Waals surface area contributed by atoms with Crippen LogP contribution < -0.4 is 5.32 Å². The molecule has 0 saturated carbocycles. The number of carbonyl (C=O) groups is 2. The third kappa shape index (κ3) is 5.47. The molecule has 0 unspecified atom stereocenters. The molecule has 1 atom stereocenters. The maximum Gasteiger partial charge on any atom is 0.237 e. The second kappa shape index (κ2) is 10.7. The fraction of sp³-hybridized carbons (Fsp3) is 0.667. The van der Waals surface area contributed by atoms with Crippen LogP contribution in [-0.4, -0.2) is 102 Å². The largest absolute Gasteiger partial charge is 0.353 e. The first-order valence-corrected chi connectivity index (χ1v) is 12.0. The lowest BCUT2D eigenvalue weighted by Crippen LogP contribution is -2.57. The fourth-order valence-electron chi connectivity index (χ4n) is 5.24. The van der Waals surface area contributed by atoms with Gasteiger partial charge in [-0.05, 0) is 25.5 Å². The van der Waals surface area contributed by atoms with Crippen LogP contribution in [0.3, 0.4) is 0 Å². The highest BCUT2D eigenvalue weighted by Crippen LogP contribution is 2.21. The molecule has 3 fully saturated rings. The number of rotatable bonds is 6. The zero-order chi connectivity index (χ0) is 22.5. The van der Waals surface area contributed by atoms with E-state index >= 15 is 0 Å². The van der Waals surface area contributed by atoms with Gasteiger partial charge in [-0.15, -0.1) is 0 Å². The van der Waals surface area contributed by atoms with E-state index in [0.717, 1.165) is 58.7 Å². The number of amides is 2. The van der Waals surface area contributed by atoms with Gasteiger partial charge >= 0.3 is 0 Å². The molecule has 1 aromatic carbocycles. The van der Waals surface area contributed by atoms with E-state index in [0.29, 0.717) is 31.2 Å². The van der Waals surface area contributed by atoms with E-state index in [1.165, 1.54) is 6.07 Å². The molecular formula is C24H36FN5O2. The molecule has 32 heavy (non-hydrogen) atoms. The number of likely N-dealkylation sites (tertiary alicyclic amines) is 1. The molecule has 4 rings (SSSR count). The van der Waals surface area contributed by atoms with Gasteiger partial charge in [0.1, 0.15) is 5.82 Å². The van der Waals surface area contributed by atoms with Gasteiger partial charge in [0.2, 0.25) is 11.8 Å². The van der Waals surface area contributed by atoms with Crippen molar-refractivity contribution in [2.75, 3.05) is 58.9 Å². The van der Waals surface area contributed by atoms with Crippen LogP contribution in [-0.2, 0) is 16.1 Å². The van der Waals surface area contributed by atoms with Crippen LogP contribution in [0, 0.1) is 5.82 Å². The summed E-state index contributed by atoms with van der Waals surface area (Å²) in [7, 11) is 0. The summed E-state index contributed by atoms with van der Waals surface area (Å²) in [5.74, 6) is -0.380. The minimum absolute atomic E-state index is 0.0276. The van der Waals surface area contributed by atoms with Crippen LogP contribution in [0.15, 0.2) is 24.3 Å². The number of carbonyl (C=O) groups excluding carboxylic acids is 2. The highest BCUT2D eigenvalue weighted by atomic mass is 19.1. The van der Waals surface area contributed by atoms with Crippen LogP contribution in [0.25, 0.3) is 0 Å². The van der Waals surface area contributed by atoms with Crippen molar-refractivity contribution >= 4 is 11.8 Å². The van der Waals surface area contributed by atoms with E-state index in [4.69, 9.17) is 0 Å². The Labute approximate surface area is 190 Å². The van der Waals surface area contributed by atoms with Crippen LogP contribution in [0.4, 0.5) is 4.39 Å². The third-order valence-corrected chi connectivity index (χ3v) is 7.33. The first kappa shape index (κ1) is 23.1. The lowest BCUT2D eigenvalue weighted by atomic mass is 10.0. The molecule has 2 amide bonds. The Morgan fingerprint density at radius 2 is 1.78 bits per heavy atom. The maximum atomic E-state index is 14.1. The van der Waals surface area contributed by atoms with Crippen molar-refractivity contribution < 1.29 is 14.0 Å². The van der Waals surface area contributed by atoms with Gasteiger partial charge in [0.15, 0.2) is 0 Å². The van der Waals surface area contributed by atoms with E-state index < -0.39 is 6.04 Å². The number of hydrogen-bond acceptors (Lipinski definition) is 5. The smallest absolute Gasteiger partial charge is 0.237 e. The summed E-state index contributed by atoms with van der Waals surface area (Å²) < 4.78 is 14.1. The zero-order valence-electron chi connectivity index (χ0n) is 19.1. The number of halogens is 1. The number of benzene rings is 1. The van der Waals surface area contributed by atoms with Gasteiger partial charge in [-0.2, -0.15) is 0 Å². The Morgan fingerprint density at radius 3 is 2.47 bits per heavy atom. The van der Waals surface area contributed by atoms with Crippen LogP contribution in [0.1, 0.15) is 31.7 Å². The quantitative estimate of drug-likeness (QED) is 0.712. The Morgan fingerprint density at radius 1 is 1.06 bits per heavy atom. The second-order valence-electron chi connectivity index (χ2n) is 9.16. The Bertz CT molecular complexity index is 790. The molecule has 0 bridgehead atoms. The van der Waals surface area contributed by atoms with Crippen molar-refractivity contribution in [2.45, 2.75) is 44.8 Å². The molecule has 1 aromatic rings. The third-order valence-electron chi connectivity index (χ3n) is 7.33. The number of hydrogen-bond donors (Lipinski definition) is 1. The van der Waals surface area contributed by atoms with E-state index in [9.17, 15) is 14.0 Å². The maximum absolute atomic E-state index is 14.1. The zero-order valence-corrected chi connectivity index (χ0v) is 19.1. The molecule has 7 nitrogen and oxygen atoms in total. The average molecular weight is 446 g/mol. The predicted octanol–water partition coefficient (Wildman–Crippen LogP) is 1.14. The molecular weight excluding hydrogens is 409 g/mol. The van der Waals surface area contributed by atoms with Crippen molar-refractivity contribution in [3.8, 4) is 0 Å². The summed E-state index contributed by atoms with van der Waals surface area (Å²) in [5, 5.41) is 2.87. The van der Waals surface area contributed by atoms with Gasteiger partial charge in [-0.1, -0.05) is 25.1 Å². The average Bonchev–Trinajstić information content (AvgIpc) is 2.83. The Kier molecular flexibility index (Phi) is 7.75. The number of piperazine rings is 2. The van der Waals surface area contributed by atoms with Crippen LogP contribution >= 0.6 is 0 Å². The van der Waals surface area contributed by atoms with Crippen molar-refractivity contribution in [1.82, 2.24) is 24.9 Å². The summed E-state index contributed by atoms with van der Waals surface area (Å²) in [4.78, 5) is 34.6.